The number of pyridine rings is 1. The molecular formula is C30H23F6N5O3. The van der Waals surface area contributed by atoms with Crippen LogP contribution in [0.25, 0.3) is 11.1 Å². The van der Waals surface area contributed by atoms with Crippen LogP contribution in [0, 0.1) is 17.5 Å². The van der Waals surface area contributed by atoms with E-state index in [-0.39, 0.29) is 48.2 Å². The maximum atomic E-state index is 14.2. The molecule has 1 atom stereocenters. The number of fused-ring (bicyclic) bond motifs is 1. The number of ketones is 1. The van der Waals surface area contributed by atoms with Gasteiger partial charge in [-0.2, -0.15) is 18.3 Å². The first-order valence-corrected chi connectivity index (χ1v) is 13.3. The van der Waals surface area contributed by atoms with Crippen molar-refractivity contribution in [2.45, 2.75) is 44.4 Å². The average molecular weight is 616 g/mol. The average Bonchev–Trinajstić information content (AvgIpc) is 3.32. The molecule has 8 nitrogen and oxygen atoms in total. The lowest BCUT2D eigenvalue weighted by molar-refractivity contribution is -0.142. The number of aromatic nitrogens is 3. The van der Waals surface area contributed by atoms with Crippen molar-refractivity contribution in [2.24, 2.45) is 5.73 Å². The Morgan fingerprint density at radius 3 is 2.43 bits per heavy atom. The first-order valence-electron chi connectivity index (χ1n) is 13.3. The summed E-state index contributed by atoms with van der Waals surface area (Å²) in [6.45, 7) is -0.704. The van der Waals surface area contributed by atoms with Crippen molar-refractivity contribution in [3.05, 3.63) is 106 Å². The zero-order chi connectivity index (χ0) is 31.8. The van der Waals surface area contributed by atoms with Gasteiger partial charge in [0.25, 0.3) is 5.91 Å². The molecule has 0 bridgehead atoms. The zero-order valence-corrected chi connectivity index (χ0v) is 22.7. The van der Waals surface area contributed by atoms with Gasteiger partial charge in [0.2, 0.25) is 5.91 Å². The van der Waals surface area contributed by atoms with Crippen LogP contribution in [-0.4, -0.2) is 32.4 Å². The number of nitrogens with zero attached hydrogens (tertiary/aromatic N) is 3. The van der Waals surface area contributed by atoms with Crippen LogP contribution >= 0.6 is 0 Å². The molecule has 3 N–H and O–H groups in total. The molecule has 14 heteroatoms. The van der Waals surface area contributed by atoms with Gasteiger partial charge in [0, 0.05) is 24.2 Å². The number of hydrogen-bond acceptors (Lipinski definition) is 5. The minimum absolute atomic E-state index is 0.0173. The highest BCUT2D eigenvalue weighted by atomic mass is 19.4. The summed E-state index contributed by atoms with van der Waals surface area (Å²) in [5, 5.41) is 6.21. The first kappa shape index (κ1) is 30.4. The quantitative estimate of drug-likeness (QED) is 0.268. The summed E-state index contributed by atoms with van der Waals surface area (Å²) < 4.78 is 84.3. The van der Waals surface area contributed by atoms with E-state index in [1.165, 1.54) is 24.4 Å². The number of alkyl halides is 3. The van der Waals surface area contributed by atoms with Gasteiger partial charge >= 0.3 is 6.18 Å². The number of nitrogens with one attached hydrogen (secondary N) is 1. The standard InChI is InChI=1S/C30H23F6N5O3/c31-17-9-15(10-18(32)13-17)11-22(27-19(3-2-8-38-27)16-6-7-21(33)20(12-16)29(37)44)39-25(43)14-41-23-4-1-5-24(42)26(23)28(40-41)30(34,35)36/h2-3,6-10,12-13,22H,1,4-5,11,14H2,(H2,37,44)(H,39,43). The zero-order valence-electron chi connectivity index (χ0n) is 22.7. The molecule has 1 aliphatic rings. The Morgan fingerprint density at radius 1 is 1.02 bits per heavy atom. The maximum Gasteiger partial charge on any atom is 0.435 e. The molecular weight excluding hydrogens is 592 g/mol. The van der Waals surface area contributed by atoms with E-state index in [0.717, 1.165) is 22.9 Å². The lowest BCUT2D eigenvalue weighted by atomic mass is 9.94. The highest BCUT2D eigenvalue weighted by Gasteiger charge is 2.42. The summed E-state index contributed by atoms with van der Waals surface area (Å²) in [5.74, 6) is -5.23. The third-order valence-corrected chi connectivity index (χ3v) is 7.12. The van der Waals surface area contributed by atoms with Gasteiger partial charge in [-0.15, -0.1) is 0 Å². The van der Waals surface area contributed by atoms with Crippen molar-refractivity contribution in [2.75, 3.05) is 0 Å². The van der Waals surface area contributed by atoms with Crippen LogP contribution in [0.3, 0.4) is 0 Å². The van der Waals surface area contributed by atoms with Gasteiger partial charge < -0.3 is 11.1 Å². The van der Waals surface area contributed by atoms with Crippen molar-refractivity contribution in [3.8, 4) is 11.1 Å². The van der Waals surface area contributed by atoms with Gasteiger partial charge in [-0.3, -0.25) is 24.0 Å². The minimum atomic E-state index is -4.93. The minimum Gasteiger partial charge on any atom is -0.366 e. The molecule has 1 unspecified atom stereocenters. The van der Waals surface area contributed by atoms with Crippen LogP contribution < -0.4 is 11.1 Å². The fraction of sp³-hybridized carbons (Fsp3) is 0.233. The molecule has 44 heavy (non-hydrogen) atoms. The van der Waals surface area contributed by atoms with E-state index in [9.17, 15) is 40.7 Å². The third-order valence-electron chi connectivity index (χ3n) is 7.12. The monoisotopic (exact) mass is 615 g/mol. The molecule has 228 valence electrons. The molecule has 2 aromatic heterocycles. The number of rotatable bonds is 8. The second-order valence-electron chi connectivity index (χ2n) is 10.2. The second-order valence-corrected chi connectivity index (χ2v) is 10.2. The molecule has 0 saturated carbocycles. The molecule has 2 amide bonds. The SMILES string of the molecule is NC(=O)c1cc(-c2cccnc2C(Cc2cc(F)cc(F)c2)NC(=O)Cn2nc(C(F)(F)F)c3c2CCCC3=O)ccc1F. The summed E-state index contributed by atoms with van der Waals surface area (Å²) in [6.07, 6.45) is -3.48. The third kappa shape index (κ3) is 6.33. The fourth-order valence-electron chi connectivity index (χ4n) is 5.29. The summed E-state index contributed by atoms with van der Waals surface area (Å²) in [7, 11) is 0. The van der Waals surface area contributed by atoms with E-state index in [2.05, 4.69) is 15.4 Å². The Hall–Kier alpha value is -5.01. The van der Waals surface area contributed by atoms with E-state index in [1.807, 2.05) is 0 Å². The second kappa shape index (κ2) is 11.9. The van der Waals surface area contributed by atoms with Crippen LogP contribution in [0.1, 0.15) is 62.2 Å². The number of carbonyl (C=O) groups excluding carboxylic acids is 3. The normalized spacial score (nSPS) is 13.8. The van der Waals surface area contributed by atoms with Crippen LogP contribution in [0.2, 0.25) is 0 Å². The van der Waals surface area contributed by atoms with E-state index >= 15 is 0 Å². The molecule has 2 aromatic carbocycles. The number of Topliss-reactive ketones (excluding diaryl/α,β-unsaturated/α-hetero) is 1. The largest absolute Gasteiger partial charge is 0.435 e. The molecule has 0 spiro atoms. The molecule has 0 saturated heterocycles. The van der Waals surface area contributed by atoms with Crippen molar-refractivity contribution < 1.29 is 40.7 Å². The lowest BCUT2D eigenvalue weighted by Crippen LogP contribution is -2.34. The summed E-state index contributed by atoms with van der Waals surface area (Å²) in [6, 6.07) is 8.24. The molecule has 0 radical (unpaired) electrons. The Labute approximate surface area is 245 Å². The van der Waals surface area contributed by atoms with Crippen LogP contribution in [0.5, 0.6) is 0 Å². The summed E-state index contributed by atoms with van der Waals surface area (Å²) in [4.78, 5) is 41.8. The molecule has 0 fully saturated rings. The van der Waals surface area contributed by atoms with Gasteiger partial charge in [-0.25, -0.2) is 13.2 Å². The van der Waals surface area contributed by atoms with Gasteiger partial charge in [-0.1, -0.05) is 12.1 Å². The number of benzene rings is 2. The Balaban J connectivity index is 1.54. The maximum absolute atomic E-state index is 14.2. The molecule has 0 aliphatic heterocycles. The predicted molar refractivity (Wildman–Crippen MR) is 144 cm³/mol. The van der Waals surface area contributed by atoms with Gasteiger partial charge in [-0.05, 0) is 60.7 Å². The number of amides is 2. The smallest absolute Gasteiger partial charge is 0.366 e. The molecule has 1 aliphatic carbocycles. The highest BCUT2D eigenvalue weighted by molar-refractivity contribution is 5.99. The number of nitrogens with two attached hydrogens (primary N) is 1. The topological polar surface area (TPSA) is 120 Å². The number of hydrogen-bond donors (Lipinski definition) is 2. The highest BCUT2D eigenvalue weighted by Crippen LogP contribution is 2.36. The van der Waals surface area contributed by atoms with Gasteiger partial charge in [0.15, 0.2) is 11.5 Å². The number of halogens is 6. The van der Waals surface area contributed by atoms with Crippen molar-refractivity contribution >= 4 is 17.6 Å². The van der Waals surface area contributed by atoms with Crippen molar-refractivity contribution in [1.82, 2.24) is 20.1 Å². The van der Waals surface area contributed by atoms with Gasteiger partial charge in [0.1, 0.15) is 24.0 Å². The van der Waals surface area contributed by atoms with E-state index < -0.39 is 70.6 Å². The summed E-state index contributed by atoms with van der Waals surface area (Å²) >= 11 is 0. The van der Waals surface area contributed by atoms with Crippen molar-refractivity contribution in [3.63, 3.8) is 0 Å². The van der Waals surface area contributed by atoms with E-state index in [1.54, 1.807) is 6.07 Å². The molecule has 2 heterocycles. The van der Waals surface area contributed by atoms with Crippen LogP contribution in [0.4, 0.5) is 26.3 Å². The lowest BCUT2D eigenvalue weighted by Gasteiger charge is -2.22. The molecule has 5 rings (SSSR count). The van der Waals surface area contributed by atoms with Crippen molar-refractivity contribution in [1.29, 1.82) is 0 Å². The first-order chi connectivity index (χ1) is 20.8. The van der Waals surface area contributed by atoms with E-state index in [0.29, 0.717) is 11.6 Å². The van der Waals surface area contributed by atoms with Crippen LogP contribution in [-0.2, 0) is 30.4 Å². The predicted octanol–water partition coefficient (Wildman–Crippen LogP) is 5.10. The summed E-state index contributed by atoms with van der Waals surface area (Å²) in [5.41, 5.74) is 3.77. The Bertz CT molecular complexity index is 1770. The number of primary amides is 1. The van der Waals surface area contributed by atoms with E-state index in [4.69, 9.17) is 5.73 Å². The number of carbonyl (C=O) groups is 3. The Morgan fingerprint density at radius 2 is 1.75 bits per heavy atom. The van der Waals surface area contributed by atoms with Gasteiger partial charge in [0.05, 0.1) is 28.6 Å². The van der Waals surface area contributed by atoms with Crippen LogP contribution in [0.15, 0.2) is 54.7 Å². The Kier molecular flexibility index (Phi) is 8.26. The molecule has 4 aromatic rings. The fourth-order valence-corrected chi connectivity index (χ4v) is 5.29.